The van der Waals surface area contributed by atoms with Crippen LogP contribution in [0.1, 0.15) is 47.0 Å². The van der Waals surface area contributed by atoms with Crippen molar-refractivity contribution in [2.75, 3.05) is 0 Å². The second kappa shape index (κ2) is 5.59. The van der Waals surface area contributed by atoms with Crippen LogP contribution in [-0.2, 0) is 0 Å². The highest BCUT2D eigenvalue weighted by atomic mass is 16.3. The first-order valence-corrected chi connectivity index (χ1v) is 4.85. The minimum atomic E-state index is -0.0880. The topological polar surface area (TPSA) is 20.2 Å². The normalized spacial score (nSPS) is 16.9. The highest BCUT2D eigenvalue weighted by molar-refractivity contribution is 4.70. The standard InChI is InChI=1S/C10H22O/c1-5-8(4)10(11)9(6-2)7-3/h8-11H,5-7H2,1-4H3. The maximum absolute atomic E-state index is 9.78. The monoisotopic (exact) mass is 158 g/mol. The zero-order valence-corrected chi connectivity index (χ0v) is 8.30. The van der Waals surface area contributed by atoms with Gasteiger partial charge in [0, 0.05) is 0 Å². The van der Waals surface area contributed by atoms with E-state index in [9.17, 15) is 5.11 Å². The van der Waals surface area contributed by atoms with Crippen molar-refractivity contribution in [3.05, 3.63) is 0 Å². The molecular formula is C10H22O. The van der Waals surface area contributed by atoms with Crippen molar-refractivity contribution < 1.29 is 5.11 Å². The Bertz CT molecular complexity index is 86.9. The van der Waals surface area contributed by atoms with Gasteiger partial charge >= 0.3 is 0 Å². The molecule has 11 heavy (non-hydrogen) atoms. The SMILES string of the molecule is CCC(C)C(O)C(CC)CC. The molecule has 1 N–H and O–H groups in total. The molecule has 1 heteroatoms. The lowest BCUT2D eigenvalue weighted by molar-refractivity contribution is 0.0520. The van der Waals surface area contributed by atoms with E-state index >= 15 is 0 Å². The fourth-order valence-corrected chi connectivity index (χ4v) is 1.48. The summed E-state index contributed by atoms with van der Waals surface area (Å²) < 4.78 is 0. The van der Waals surface area contributed by atoms with Crippen molar-refractivity contribution >= 4 is 0 Å². The van der Waals surface area contributed by atoms with Gasteiger partial charge in [-0.3, -0.25) is 0 Å². The Balaban J connectivity index is 3.86. The van der Waals surface area contributed by atoms with Crippen LogP contribution in [0.4, 0.5) is 0 Å². The summed E-state index contributed by atoms with van der Waals surface area (Å²) in [5.74, 6) is 0.963. The molecule has 0 bridgehead atoms. The van der Waals surface area contributed by atoms with Crippen LogP contribution in [0.3, 0.4) is 0 Å². The molecule has 0 spiro atoms. The Morgan fingerprint density at radius 1 is 1.00 bits per heavy atom. The maximum atomic E-state index is 9.78. The molecule has 0 radical (unpaired) electrons. The molecule has 2 atom stereocenters. The molecule has 0 aliphatic carbocycles. The molecule has 0 rings (SSSR count). The van der Waals surface area contributed by atoms with Gasteiger partial charge in [0.05, 0.1) is 6.10 Å². The molecule has 2 unspecified atom stereocenters. The van der Waals surface area contributed by atoms with Gasteiger partial charge in [-0.15, -0.1) is 0 Å². The highest BCUT2D eigenvalue weighted by Gasteiger charge is 2.20. The number of hydrogen-bond acceptors (Lipinski definition) is 1. The molecule has 0 amide bonds. The second-order valence-corrected chi connectivity index (χ2v) is 3.45. The van der Waals surface area contributed by atoms with E-state index in [-0.39, 0.29) is 6.10 Å². The predicted molar refractivity (Wildman–Crippen MR) is 49.5 cm³/mol. The van der Waals surface area contributed by atoms with Crippen LogP contribution in [0.5, 0.6) is 0 Å². The van der Waals surface area contributed by atoms with Gasteiger partial charge in [-0.05, 0) is 11.8 Å². The van der Waals surface area contributed by atoms with Gasteiger partial charge in [0.1, 0.15) is 0 Å². The third kappa shape index (κ3) is 3.24. The van der Waals surface area contributed by atoms with E-state index in [0.717, 1.165) is 19.3 Å². The Kier molecular flexibility index (Phi) is 5.57. The molecule has 68 valence electrons. The molecule has 0 fully saturated rings. The summed E-state index contributed by atoms with van der Waals surface area (Å²) in [5, 5.41) is 9.78. The molecule has 0 aliphatic rings. The van der Waals surface area contributed by atoms with Gasteiger partial charge in [0.25, 0.3) is 0 Å². The van der Waals surface area contributed by atoms with Crippen molar-refractivity contribution in [1.82, 2.24) is 0 Å². The minimum absolute atomic E-state index is 0.0880. The van der Waals surface area contributed by atoms with Crippen LogP contribution in [0.2, 0.25) is 0 Å². The van der Waals surface area contributed by atoms with E-state index in [1.807, 2.05) is 0 Å². The summed E-state index contributed by atoms with van der Waals surface area (Å²) in [7, 11) is 0. The lowest BCUT2D eigenvalue weighted by Gasteiger charge is -2.24. The molecule has 0 aromatic heterocycles. The third-order valence-electron chi connectivity index (χ3n) is 2.76. The van der Waals surface area contributed by atoms with Gasteiger partial charge < -0.3 is 5.11 Å². The summed E-state index contributed by atoms with van der Waals surface area (Å²) >= 11 is 0. The largest absolute Gasteiger partial charge is 0.393 e. The Morgan fingerprint density at radius 3 is 1.73 bits per heavy atom. The Morgan fingerprint density at radius 2 is 1.45 bits per heavy atom. The minimum Gasteiger partial charge on any atom is -0.393 e. The van der Waals surface area contributed by atoms with Gasteiger partial charge in [-0.1, -0.05) is 47.0 Å². The van der Waals surface area contributed by atoms with Crippen molar-refractivity contribution in [3.8, 4) is 0 Å². The smallest absolute Gasteiger partial charge is 0.0593 e. The zero-order valence-electron chi connectivity index (χ0n) is 8.30. The van der Waals surface area contributed by atoms with Crippen molar-refractivity contribution in [3.63, 3.8) is 0 Å². The van der Waals surface area contributed by atoms with Crippen LogP contribution >= 0.6 is 0 Å². The molecule has 0 heterocycles. The van der Waals surface area contributed by atoms with E-state index in [2.05, 4.69) is 27.7 Å². The van der Waals surface area contributed by atoms with Gasteiger partial charge in [-0.25, -0.2) is 0 Å². The number of hydrogen-bond donors (Lipinski definition) is 1. The Labute approximate surface area is 70.8 Å². The van der Waals surface area contributed by atoms with Crippen molar-refractivity contribution in [2.45, 2.75) is 53.1 Å². The number of rotatable bonds is 5. The molecule has 0 saturated carbocycles. The van der Waals surface area contributed by atoms with Crippen LogP contribution < -0.4 is 0 Å². The second-order valence-electron chi connectivity index (χ2n) is 3.45. The fourth-order valence-electron chi connectivity index (χ4n) is 1.48. The summed E-state index contributed by atoms with van der Waals surface area (Å²) in [5.41, 5.74) is 0. The molecule has 0 aliphatic heterocycles. The third-order valence-corrected chi connectivity index (χ3v) is 2.76. The molecule has 1 nitrogen and oxygen atoms in total. The summed E-state index contributed by atoms with van der Waals surface area (Å²) in [6, 6.07) is 0. The zero-order chi connectivity index (χ0) is 8.85. The van der Waals surface area contributed by atoms with E-state index in [0.29, 0.717) is 11.8 Å². The number of aliphatic hydroxyl groups excluding tert-OH is 1. The molecule has 0 saturated heterocycles. The van der Waals surface area contributed by atoms with E-state index in [1.54, 1.807) is 0 Å². The van der Waals surface area contributed by atoms with Gasteiger partial charge in [0.15, 0.2) is 0 Å². The van der Waals surface area contributed by atoms with E-state index in [1.165, 1.54) is 0 Å². The predicted octanol–water partition coefficient (Wildman–Crippen LogP) is 2.83. The van der Waals surface area contributed by atoms with Crippen LogP contribution in [0.15, 0.2) is 0 Å². The van der Waals surface area contributed by atoms with Crippen LogP contribution in [0, 0.1) is 11.8 Å². The van der Waals surface area contributed by atoms with Gasteiger partial charge in [-0.2, -0.15) is 0 Å². The highest BCUT2D eigenvalue weighted by Crippen LogP contribution is 2.21. The van der Waals surface area contributed by atoms with Crippen LogP contribution in [0.25, 0.3) is 0 Å². The first-order chi connectivity index (χ1) is 5.17. The van der Waals surface area contributed by atoms with Crippen molar-refractivity contribution in [2.24, 2.45) is 11.8 Å². The van der Waals surface area contributed by atoms with E-state index < -0.39 is 0 Å². The Hall–Kier alpha value is -0.0400. The lowest BCUT2D eigenvalue weighted by atomic mass is 9.87. The summed E-state index contributed by atoms with van der Waals surface area (Å²) in [6.45, 7) is 8.57. The quantitative estimate of drug-likeness (QED) is 0.652. The number of aliphatic hydroxyl groups is 1. The van der Waals surface area contributed by atoms with Crippen molar-refractivity contribution in [1.29, 1.82) is 0 Å². The average Bonchev–Trinajstić information content (AvgIpc) is 2.05. The fraction of sp³-hybridized carbons (Fsp3) is 1.00. The lowest BCUT2D eigenvalue weighted by Crippen LogP contribution is -2.26. The molecule has 0 aromatic carbocycles. The molecular weight excluding hydrogens is 136 g/mol. The van der Waals surface area contributed by atoms with Gasteiger partial charge in [0.2, 0.25) is 0 Å². The molecule has 0 aromatic rings. The first kappa shape index (κ1) is 11.0. The summed E-state index contributed by atoms with van der Waals surface area (Å²) in [4.78, 5) is 0. The summed E-state index contributed by atoms with van der Waals surface area (Å²) in [6.07, 6.45) is 3.19. The first-order valence-electron chi connectivity index (χ1n) is 4.85. The maximum Gasteiger partial charge on any atom is 0.0593 e. The van der Waals surface area contributed by atoms with E-state index in [4.69, 9.17) is 0 Å². The average molecular weight is 158 g/mol. The van der Waals surface area contributed by atoms with Crippen LogP contribution in [-0.4, -0.2) is 11.2 Å².